The Morgan fingerprint density at radius 1 is 0.857 bits per heavy atom. The lowest BCUT2D eigenvalue weighted by Crippen LogP contribution is -2.45. The number of hydrogen-bond acceptors (Lipinski definition) is 5. The predicted molar refractivity (Wildman–Crippen MR) is 103 cm³/mol. The summed E-state index contributed by atoms with van der Waals surface area (Å²) in [6.45, 7) is 2.29. The summed E-state index contributed by atoms with van der Waals surface area (Å²) in [4.78, 5) is 36.3. The average Bonchev–Trinajstić information content (AvgIpc) is 2.71. The number of rotatable bonds is 9. The summed E-state index contributed by atoms with van der Waals surface area (Å²) in [5.74, 6) is -1.07. The van der Waals surface area contributed by atoms with Gasteiger partial charge in [0.05, 0.1) is 6.42 Å². The number of nitrogens with one attached hydrogen (secondary N) is 2. The fourth-order valence-electron chi connectivity index (χ4n) is 2.38. The van der Waals surface area contributed by atoms with Gasteiger partial charge in [0.1, 0.15) is 19.3 Å². The number of hydrogen-bond donors (Lipinski definition) is 2. The van der Waals surface area contributed by atoms with E-state index in [0.717, 1.165) is 11.1 Å². The van der Waals surface area contributed by atoms with Crippen LogP contribution in [0.1, 0.15) is 24.5 Å². The van der Waals surface area contributed by atoms with Gasteiger partial charge in [-0.1, -0.05) is 60.7 Å². The van der Waals surface area contributed by atoms with Gasteiger partial charge >= 0.3 is 12.1 Å². The van der Waals surface area contributed by atoms with Crippen molar-refractivity contribution in [3.63, 3.8) is 0 Å². The summed E-state index contributed by atoms with van der Waals surface area (Å²) in [5.41, 5.74) is 1.61. The summed E-state index contributed by atoms with van der Waals surface area (Å²) >= 11 is 0. The van der Waals surface area contributed by atoms with Crippen LogP contribution in [0.25, 0.3) is 0 Å². The van der Waals surface area contributed by atoms with Crippen LogP contribution in [0.4, 0.5) is 4.79 Å². The molecular weight excluding hydrogens is 360 g/mol. The van der Waals surface area contributed by atoms with E-state index >= 15 is 0 Å². The molecule has 2 aromatic rings. The molecule has 0 aliphatic heterocycles. The number of benzene rings is 2. The molecule has 2 N–H and O–H groups in total. The average molecular weight is 384 g/mol. The summed E-state index contributed by atoms with van der Waals surface area (Å²) in [7, 11) is 0. The van der Waals surface area contributed by atoms with Crippen molar-refractivity contribution in [2.75, 3.05) is 6.54 Å². The first-order valence-corrected chi connectivity index (χ1v) is 9.03. The zero-order valence-electron chi connectivity index (χ0n) is 15.7. The maximum absolute atomic E-state index is 12.4. The molecule has 0 heterocycles. The van der Waals surface area contributed by atoms with Crippen molar-refractivity contribution in [3.8, 4) is 0 Å². The number of carbonyl (C=O) groups excluding carboxylic acids is 3. The minimum absolute atomic E-state index is 0.0479. The third-order valence-corrected chi connectivity index (χ3v) is 3.78. The molecule has 0 radical (unpaired) electrons. The highest BCUT2D eigenvalue weighted by Crippen LogP contribution is 2.05. The van der Waals surface area contributed by atoms with E-state index in [9.17, 15) is 14.4 Å². The Labute approximate surface area is 164 Å². The second-order valence-electron chi connectivity index (χ2n) is 6.01. The summed E-state index contributed by atoms with van der Waals surface area (Å²) in [5, 5.41) is 5.01. The first-order chi connectivity index (χ1) is 13.6. The topological polar surface area (TPSA) is 93.7 Å². The number of alkyl carbamates (subject to hydrolysis) is 1. The van der Waals surface area contributed by atoms with E-state index in [0.29, 0.717) is 6.54 Å². The summed E-state index contributed by atoms with van der Waals surface area (Å²) in [6.07, 6.45) is -1.03. The molecular formula is C21H24N2O5. The van der Waals surface area contributed by atoms with E-state index in [2.05, 4.69) is 10.6 Å². The molecule has 0 fully saturated rings. The van der Waals surface area contributed by atoms with Gasteiger partial charge in [0, 0.05) is 6.54 Å². The molecule has 1 atom stereocenters. The fraction of sp³-hybridized carbons (Fsp3) is 0.286. The Kier molecular flexibility index (Phi) is 8.52. The minimum atomic E-state index is -1.14. The molecule has 0 saturated heterocycles. The smallest absolute Gasteiger partial charge is 0.408 e. The van der Waals surface area contributed by atoms with Crippen molar-refractivity contribution in [3.05, 3.63) is 71.8 Å². The van der Waals surface area contributed by atoms with Gasteiger partial charge in [0.25, 0.3) is 0 Å². The number of amides is 2. The standard InChI is InChI=1S/C21H24N2O5/c1-2-22-19(24)13-18(20(25)27-14-16-9-5-3-6-10-16)23-21(26)28-15-17-11-7-4-8-12-17/h3-12,18H,2,13-15H2,1H3,(H,22,24)(H,23,26)/t18-/m0/s1. The lowest BCUT2D eigenvalue weighted by atomic mass is 10.2. The van der Waals surface area contributed by atoms with E-state index in [-0.39, 0.29) is 25.5 Å². The van der Waals surface area contributed by atoms with Crippen molar-refractivity contribution in [1.82, 2.24) is 10.6 Å². The van der Waals surface area contributed by atoms with Crippen LogP contribution < -0.4 is 10.6 Å². The summed E-state index contributed by atoms with van der Waals surface area (Å²) < 4.78 is 10.4. The predicted octanol–water partition coefficient (Wildman–Crippen LogP) is 2.55. The molecule has 0 spiro atoms. The molecule has 7 nitrogen and oxygen atoms in total. The highest BCUT2D eigenvalue weighted by Gasteiger charge is 2.26. The van der Waals surface area contributed by atoms with Gasteiger partial charge in [-0.2, -0.15) is 0 Å². The van der Waals surface area contributed by atoms with E-state index in [1.165, 1.54) is 0 Å². The molecule has 148 valence electrons. The Hall–Kier alpha value is -3.35. The monoisotopic (exact) mass is 384 g/mol. The molecule has 0 aliphatic rings. The molecule has 7 heteroatoms. The van der Waals surface area contributed by atoms with Gasteiger partial charge in [-0.3, -0.25) is 4.79 Å². The Bertz CT molecular complexity index is 765. The third kappa shape index (κ3) is 7.49. The highest BCUT2D eigenvalue weighted by molar-refractivity contribution is 5.88. The Morgan fingerprint density at radius 3 is 1.93 bits per heavy atom. The normalized spacial score (nSPS) is 11.2. The van der Waals surface area contributed by atoms with Crippen molar-refractivity contribution in [1.29, 1.82) is 0 Å². The fourth-order valence-corrected chi connectivity index (χ4v) is 2.38. The molecule has 2 rings (SSSR count). The quantitative estimate of drug-likeness (QED) is 0.648. The first-order valence-electron chi connectivity index (χ1n) is 9.03. The maximum atomic E-state index is 12.4. The lowest BCUT2D eigenvalue weighted by Gasteiger charge is -2.17. The number of carbonyl (C=O) groups is 3. The van der Waals surface area contributed by atoms with Crippen LogP contribution >= 0.6 is 0 Å². The van der Waals surface area contributed by atoms with Gasteiger partial charge in [0.15, 0.2) is 0 Å². The van der Waals surface area contributed by atoms with Crippen molar-refractivity contribution >= 4 is 18.0 Å². The molecule has 2 aromatic carbocycles. The second-order valence-corrected chi connectivity index (χ2v) is 6.01. The van der Waals surface area contributed by atoms with Crippen molar-refractivity contribution in [2.45, 2.75) is 32.6 Å². The molecule has 0 saturated carbocycles. The maximum Gasteiger partial charge on any atom is 0.408 e. The van der Waals surface area contributed by atoms with Crippen molar-refractivity contribution < 1.29 is 23.9 Å². The molecule has 0 bridgehead atoms. The van der Waals surface area contributed by atoms with Gasteiger partial charge in [0.2, 0.25) is 5.91 Å². The van der Waals surface area contributed by atoms with Gasteiger partial charge in [-0.15, -0.1) is 0 Å². The van der Waals surface area contributed by atoms with E-state index in [1.54, 1.807) is 6.92 Å². The van der Waals surface area contributed by atoms with Gasteiger partial charge < -0.3 is 20.1 Å². The minimum Gasteiger partial charge on any atom is -0.459 e. The van der Waals surface area contributed by atoms with Crippen LogP contribution in [-0.2, 0) is 32.3 Å². The van der Waals surface area contributed by atoms with E-state index in [1.807, 2.05) is 60.7 Å². The zero-order valence-corrected chi connectivity index (χ0v) is 15.7. The second kappa shape index (κ2) is 11.4. The first kappa shape index (κ1) is 21.0. The van der Waals surface area contributed by atoms with E-state index < -0.39 is 18.1 Å². The van der Waals surface area contributed by atoms with Crippen LogP contribution in [0.5, 0.6) is 0 Å². The van der Waals surface area contributed by atoms with Gasteiger partial charge in [-0.25, -0.2) is 9.59 Å². The Morgan fingerprint density at radius 2 is 1.39 bits per heavy atom. The molecule has 0 aromatic heterocycles. The van der Waals surface area contributed by atoms with Crippen LogP contribution in [-0.4, -0.2) is 30.6 Å². The summed E-state index contributed by atoms with van der Waals surface area (Å²) in [6, 6.07) is 17.1. The third-order valence-electron chi connectivity index (χ3n) is 3.78. The largest absolute Gasteiger partial charge is 0.459 e. The zero-order chi connectivity index (χ0) is 20.2. The lowest BCUT2D eigenvalue weighted by molar-refractivity contribution is -0.148. The SMILES string of the molecule is CCNC(=O)C[C@H](NC(=O)OCc1ccccc1)C(=O)OCc1ccccc1. The van der Waals surface area contributed by atoms with Crippen LogP contribution in [0, 0.1) is 0 Å². The van der Waals surface area contributed by atoms with Gasteiger partial charge in [-0.05, 0) is 18.1 Å². The molecule has 0 unspecified atom stereocenters. The number of esters is 1. The molecule has 2 amide bonds. The van der Waals surface area contributed by atoms with E-state index in [4.69, 9.17) is 9.47 Å². The Balaban J connectivity index is 1.92. The van der Waals surface area contributed by atoms with Crippen LogP contribution in [0.3, 0.4) is 0 Å². The molecule has 0 aliphatic carbocycles. The number of ether oxygens (including phenoxy) is 2. The van der Waals surface area contributed by atoms with Crippen LogP contribution in [0.15, 0.2) is 60.7 Å². The van der Waals surface area contributed by atoms with Crippen molar-refractivity contribution in [2.24, 2.45) is 0 Å². The van der Waals surface area contributed by atoms with Crippen LogP contribution in [0.2, 0.25) is 0 Å². The highest BCUT2D eigenvalue weighted by atomic mass is 16.6. The molecule has 28 heavy (non-hydrogen) atoms.